The van der Waals surface area contributed by atoms with E-state index in [1.54, 1.807) is 51.7 Å². The van der Waals surface area contributed by atoms with Crippen molar-refractivity contribution >= 4 is 23.4 Å². The maximum Gasteiger partial charge on any atom is 0.277 e. The molecule has 0 radical (unpaired) electrons. The lowest BCUT2D eigenvalue weighted by Crippen LogP contribution is -1.90. The highest BCUT2D eigenvalue weighted by Gasteiger charge is 2.17. The Bertz CT molecular complexity index is 1200. The van der Waals surface area contributed by atoms with Crippen LogP contribution in [0.4, 0.5) is 0 Å². The summed E-state index contributed by atoms with van der Waals surface area (Å²) in [7, 11) is 4.70. The van der Waals surface area contributed by atoms with Crippen LogP contribution in [0.1, 0.15) is 5.89 Å². The minimum Gasteiger partial charge on any atom is -0.496 e. The topological polar surface area (TPSA) is 106 Å². The summed E-state index contributed by atoms with van der Waals surface area (Å²) < 4.78 is 27.3. The predicted octanol–water partition coefficient (Wildman–Crippen LogP) is 4.76. The quantitative estimate of drug-likeness (QED) is 0.341. The molecule has 0 aliphatic rings. The van der Waals surface area contributed by atoms with Crippen molar-refractivity contribution in [1.82, 2.24) is 20.4 Å². The van der Waals surface area contributed by atoms with Crippen LogP contribution >= 0.6 is 23.4 Å². The third-order valence-corrected chi connectivity index (χ3v) is 5.25. The van der Waals surface area contributed by atoms with Gasteiger partial charge in [-0.2, -0.15) is 0 Å². The maximum absolute atomic E-state index is 6.07. The van der Waals surface area contributed by atoms with Gasteiger partial charge in [0.15, 0.2) is 11.5 Å². The van der Waals surface area contributed by atoms with Crippen molar-refractivity contribution in [2.45, 2.75) is 11.0 Å². The molecule has 0 unspecified atom stereocenters. The van der Waals surface area contributed by atoms with Crippen molar-refractivity contribution in [3.05, 3.63) is 47.3 Å². The van der Waals surface area contributed by atoms with Crippen LogP contribution in [0.25, 0.3) is 22.9 Å². The molecule has 0 N–H and O–H groups in total. The number of benzene rings is 2. The summed E-state index contributed by atoms with van der Waals surface area (Å²) in [6.07, 6.45) is 0. The molecule has 0 saturated heterocycles. The van der Waals surface area contributed by atoms with Crippen LogP contribution in [-0.2, 0) is 5.75 Å². The van der Waals surface area contributed by atoms with Gasteiger partial charge in [0, 0.05) is 10.6 Å². The Kier molecular flexibility index (Phi) is 6.28. The first-order valence-corrected chi connectivity index (χ1v) is 10.3. The molecule has 4 aromatic rings. The van der Waals surface area contributed by atoms with Gasteiger partial charge in [0.2, 0.25) is 11.8 Å². The van der Waals surface area contributed by atoms with E-state index in [9.17, 15) is 0 Å². The van der Waals surface area contributed by atoms with E-state index in [0.717, 1.165) is 5.56 Å². The lowest BCUT2D eigenvalue weighted by Gasteiger charge is -2.07. The fourth-order valence-electron chi connectivity index (χ4n) is 2.75. The van der Waals surface area contributed by atoms with Gasteiger partial charge in [0.05, 0.1) is 32.6 Å². The summed E-state index contributed by atoms with van der Waals surface area (Å²) in [5.41, 5.74) is 1.33. The first kappa shape index (κ1) is 21.0. The Morgan fingerprint density at radius 1 is 0.806 bits per heavy atom. The van der Waals surface area contributed by atoms with Gasteiger partial charge in [0.1, 0.15) is 5.75 Å². The van der Waals surface area contributed by atoms with Crippen molar-refractivity contribution in [3.8, 4) is 40.2 Å². The Morgan fingerprint density at radius 2 is 1.55 bits per heavy atom. The van der Waals surface area contributed by atoms with Crippen molar-refractivity contribution in [3.63, 3.8) is 0 Å². The second-order valence-corrected chi connectivity index (χ2v) is 7.44. The third kappa shape index (κ3) is 4.59. The highest BCUT2D eigenvalue weighted by Crippen LogP contribution is 2.34. The number of hydrogen-bond acceptors (Lipinski definition) is 10. The molecule has 0 aliphatic heterocycles. The number of ether oxygens (including phenoxy) is 3. The van der Waals surface area contributed by atoms with E-state index in [4.69, 9.17) is 34.6 Å². The fourth-order valence-corrected chi connectivity index (χ4v) is 3.52. The Morgan fingerprint density at radius 3 is 2.32 bits per heavy atom. The molecule has 0 aliphatic carbocycles. The number of aromatic nitrogens is 4. The van der Waals surface area contributed by atoms with Gasteiger partial charge < -0.3 is 23.0 Å². The van der Waals surface area contributed by atoms with Crippen LogP contribution in [-0.4, -0.2) is 41.7 Å². The molecule has 0 amide bonds. The number of halogens is 1. The molecular weight excluding hydrogens is 444 g/mol. The summed E-state index contributed by atoms with van der Waals surface area (Å²) in [6, 6.07) is 10.5. The normalized spacial score (nSPS) is 10.8. The first-order chi connectivity index (χ1) is 15.1. The smallest absolute Gasteiger partial charge is 0.277 e. The van der Waals surface area contributed by atoms with E-state index in [1.807, 2.05) is 6.07 Å². The zero-order valence-corrected chi connectivity index (χ0v) is 18.4. The maximum atomic E-state index is 6.07. The van der Waals surface area contributed by atoms with Gasteiger partial charge in [-0.25, -0.2) is 0 Å². The first-order valence-electron chi connectivity index (χ1n) is 8.96. The number of rotatable bonds is 8. The molecule has 2 aromatic heterocycles. The summed E-state index contributed by atoms with van der Waals surface area (Å²) in [4.78, 5) is 0. The van der Waals surface area contributed by atoms with Crippen LogP contribution in [0.3, 0.4) is 0 Å². The fraction of sp³-hybridized carbons (Fsp3) is 0.200. The monoisotopic (exact) mass is 460 g/mol. The highest BCUT2D eigenvalue weighted by atomic mass is 35.5. The molecular formula is C20H17ClN4O5S. The highest BCUT2D eigenvalue weighted by molar-refractivity contribution is 7.98. The third-order valence-electron chi connectivity index (χ3n) is 4.21. The van der Waals surface area contributed by atoms with Crippen LogP contribution in [0.15, 0.2) is 50.5 Å². The molecule has 0 atom stereocenters. The minimum atomic E-state index is 0.304. The van der Waals surface area contributed by atoms with Crippen LogP contribution in [0.2, 0.25) is 5.02 Å². The van der Waals surface area contributed by atoms with Crippen molar-refractivity contribution in [2.75, 3.05) is 21.3 Å². The number of nitrogens with zero attached hydrogens (tertiary/aromatic N) is 4. The minimum absolute atomic E-state index is 0.304. The lowest BCUT2D eigenvalue weighted by atomic mass is 10.2. The average Bonchev–Trinajstić information content (AvgIpc) is 3.47. The predicted molar refractivity (Wildman–Crippen MR) is 114 cm³/mol. The summed E-state index contributed by atoms with van der Waals surface area (Å²) in [5.74, 6) is 3.21. The zero-order valence-electron chi connectivity index (χ0n) is 16.8. The molecule has 0 spiro atoms. The molecule has 160 valence electrons. The van der Waals surface area contributed by atoms with Crippen LogP contribution in [0.5, 0.6) is 17.2 Å². The SMILES string of the molecule is COc1ccc(-c2nnc(CSc3nnc(-c4cc(Cl)ccc4OC)o3)o2)cc1OC. The van der Waals surface area contributed by atoms with Gasteiger partial charge in [-0.05, 0) is 36.4 Å². The van der Waals surface area contributed by atoms with E-state index < -0.39 is 0 Å². The summed E-state index contributed by atoms with van der Waals surface area (Å²) in [6.45, 7) is 0. The zero-order chi connectivity index (χ0) is 21.8. The van der Waals surface area contributed by atoms with E-state index in [-0.39, 0.29) is 0 Å². The molecule has 0 saturated carbocycles. The van der Waals surface area contributed by atoms with Gasteiger partial charge in [0.25, 0.3) is 11.1 Å². The molecule has 0 bridgehead atoms. The molecule has 2 heterocycles. The van der Waals surface area contributed by atoms with E-state index >= 15 is 0 Å². The van der Waals surface area contributed by atoms with Gasteiger partial charge in [-0.3, -0.25) is 0 Å². The molecule has 0 fully saturated rings. The van der Waals surface area contributed by atoms with Gasteiger partial charge in [-0.1, -0.05) is 23.4 Å². The second kappa shape index (κ2) is 9.27. The Hall–Kier alpha value is -3.24. The molecule has 2 aromatic carbocycles. The summed E-state index contributed by atoms with van der Waals surface area (Å²) in [5, 5.41) is 17.2. The molecule has 9 nitrogen and oxygen atoms in total. The van der Waals surface area contributed by atoms with Gasteiger partial charge >= 0.3 is 0 Å². The Labute approximate surface area is 186 Å². The van der Waals surface area contributed by atoms with Crippen molar-refractivity contribution < 1.29 is 23.0 Å². The van der Waals surface area contributed by atoms with E-state index in [2.05, 4.69) is 20.4 Å². The molecule has 4 rings (SSSR count). The van der Waals surface area contributed by atoms with E-state index in [0.29, 0.717) is 56.5 Å². The molecule has 11 heteroatoms. The standard InChI is InChI=1S/C20H17ClN4O5S/c1-26-14-7-5-12(21)9-13(14)19-24-25-20(30-19)31-10-17-22-23-18(29-17)11-4-6-15(27-2)16(8-11)28-3/h4-9H,10H2,1-3H3. The summed E-state index contributed by atoms with van der Waals surface area (Å²) >= 11 is 7.34. The van der Waals surface area contributed by atoms with Gasteiger partial charge in [-0.15, -0.1) is 20.4 Å². The number of hydrogen-bond donors (Lipinski definition) is 0. The second-order valence-electron chi connectivity index (χ2n) is 6.08. The number of thioether (sulfide) groups is 1. The largest absolute Gasteiger partial charge is 0.496 e. The van der Waals surface area contributed by atoms with Crippen molar-refractivity contribution in [1.29, 1.82) is 0 Å². The van der Waals surface area contributed by atoms with Crippen LogP contribution in [0, 0.1) is 0 Å². The average molecular weight is 461 g/mol. The van der Waals surface area contributed by atoms with Crippen molar-refractivity contribution in [2.24, 2.45) is 0 Å². The van der Waals surface area contributed by atoms with Crippen LogP contribution < -0.4 is 14.2 Å². The lowest BCUT2D eigenvalue weighted by molar-refractivity contribution is 0.355. The molecule has 31 heavy (non-hydrogen) atoms. The Balaban J connectivity index is 1.46. The van der Waals surface area contributed by atoms with E-state index in [1.165, 1.54) is 11.8 Å². The number of methoxy groups -OCH3 is 3.